The van der Waals surface area contributed by atoms with Gasteiger partial charge in [0.25, 0.3) is 5.56 Å². The maximum Gasteiger partial charge on any atom is 0.343 e. The van der Waals surface area contributed by atoms with Crippen molar-refractivity contribution in [3.8, 4) is 11.4 Å². The molecule has 0 bridgehead atoms. The number of carbonyl (C=O) groups excluding carboxylic acids is 1. The van der Waals surface area contributed by atoms with E-state index >= 15 is 0 Å². The molecule has 0 saturated carbocycles. The second-order valence-corrected chi connectivity index (χ2v) is 8.50. The van der Waals surface area contributed by atoms with E-state index < -0.39 is 11.6 Å². The molecule has 6 heteroatoms. The van der Waals surface area contributed by atoms with Crippen LogP contribution in [0.4, 0.5) is 0 Å². The SMILES string of the molecule is CC[C@@]1(O)C(=O)OCc2c1cc1n(c2=O)Cc2c-1nc1cc(C)c(C)c(C)c1c2C. The third-order valence-electron chi connectivity index (χ3n) is 7.09. The average Bonchev–Trinajstić information content (AvgIpc) is 3.09. The quantitative estimate of drug-likeness (QED) is 0.492. The zero-order valence-electron chi connectivity index (χ0n) is 17.8. The van der Waals surface area contributed by atoms with Gasteiger partial charge in [0.1, 0.15) is 6.61 Å². The van der Waals surface area contributed by atoms with Gasteiger partial charge in [-0.05, 0) is 68.5 Å². The van der Waals surface area contributed by atoms with E-state index in [0.29, 0.717) is 23.4 Å². The van der Waals surface area contributed by atoms with Crippen LogP contribution in [0, 0.1) is 27.7 Å². The van der Waals surface area contributed by atoms with Crippen LogP contribution in [0.1, 0.15) is 52.3 Å². The Morgan fingerprint density at radius 1 is 1.10 bits per heavy atom. The number of nitrogens with zero attached hydrogens (tertiary/aromatic N) is 2. The van der Waals surface area contributed by atoms with Crippen LogP contribution in [-0.4, -0.2) is 20.6 Å². The van der Waals surface area contributed by atoms with Gasteiger partial charge in [0.15, 0.2) is 5.60 Å². The molecule has 2 aliphatic heterocycles. The summed E-state index contributed by atoms with van der Waals surface area (Å²) in [6, 6.07) is 3.85. The molecule has 4 heterocycles. The first kappa shape index (κ1) is 19.0. The molecule has 1 N–H and O–H groups in total. The smallest absolute Gasteiger partial charge is 0.343 e. The van der Waals surface area contributed by atoms with Crippen LogP contribution in [0.3, 0.4) is 0 Å². The Bertz CT molecular complexity index is 1350. The minimum absolute atomic E-state index is 0.113. The molecule has 30 heavy (non-hydrogen) atoms. The zero-order chi connectivity index (χ0) is 21.5. The van der Waals surface area contributed by atoms with E-state index in [1.807, 2.05) is 0 Å². The molecule has 0 unspecified atom stereocenters. The minimum Gasteiger partial charge on any atom is -0.458 e. The van der Waals surface area contributed by atoms with E-state index in [-0.39, 0.29) is 18.6 Å². The largest absolute Gasteiger partial charge is 0.458 e. The molecule has 1 atom stereocenters. The number of hydrogen-bond acceptors (Lipinski definition) is 5. The van der Waals surface area contributed by atoms with Crippen molar-refractivity contribution in [3.63, 3.8) is 0 Å². The number of benzene rings is 1. The summed E-state index contributed by atoms with van der Waals surface area (Å²) < 4.78 is 6.83. The number of aliphatic hydroxyl groups is 1. The number of pyridine rings is 2. The fourth-order valence-corrected chi connectivity index (χ4v) is 4.96. The summed E-state index contributed by atoms with van der Waals surface area (Å²) in [6.45, 7) is 10.4. The number of carbonyl (C=O) groups is 1. The molecule has 6 nitrogen and oxygen atoms in total. The Morgan fingerprint density at radius 2 is 1.83 bits per heavy atom. The normalized spacial score (nSPS) is 19.5. The molecule has 0 aliphatic carbocycles. The highest BCUT2D eigenvalue weighted by molar-refractivity contribution is 5.92. The van der Waals surface area contributed by atoms with Gasteiger partial charge < -0.3 is 14.4 Å². The van der Waals surface area contributed by atoms with Gasteiger partial charge in [-0.3, -0.25) is 4.79 Å². The van der Waals surface area contributed by atoms with Gasteiger partial charge >= 0.3 is 5.97 Å². The van der Waals surface area contributed by atoms with Gasteiger partial charge in [0.2, 0.25) is 0 Å². The monoisotopic (exact) mass is 404 g/mol. The summed E-state index contributed by atoms with van der Waals surface area (Å²) in [5, 5.41) is 12.1. The Kier molecular flexibility index (Phi) is 3.81. The summed E-state index contributed by atoms with van der Waals surface area (Å²) >= 11 is 0. The highest BCUT2D eigenvalue weighted by atomic mass is 16.6. The van der Waals surface area contributed by atoms with Crippen molar-refractivity contribution in [2.24, 2.45) is 0 Å². The van der Waals surface area contributed by atoms with Crippen LogP contribution < -0.4 is 5.56 Å². The van der Waals surface area contributed by atoms with E-state index in [9.17, 15) is 14.7 Å². The van der Waals surface area contributed by atoms with Crippen LogP contribution in [0.15, 0.2) is 16.9 Å². The lowest BCUT2D eigenvalue weighted by Gasteiger charge is -2.31. The zero-order valence-corrected chi connectivity index (χ0v) is 17.8. The third kappa shape index (κ3) is 2.20. The summed E-state index contributed by atoms with van der Waals surface area (Å²) in [6.07, 6.45) is 0.135. The Labute approximate surface area is 174 Å². The lowest BCUT2D eigenvalue weighted by Crippen LogP contribution is -2.44. The number of aromatic nitrogens is 2. The molecule has 154 valence electrons. The molecule has 3 aromatic rings. The van der Waals surface area contributed by atoms with Crippen molar-refractivity contribution in [1.82, 2.24) is 9.55 Å². The summed E-state index contributed by atoms with van der Waals surface area (Å²) in [7, 11) is 0. The molecular weight excluding hydrogens is 380 g/mol. The Hall–Kier alpha value is -2.99. The van der Waals surface area contributed by atoms with Gasteiger partial charge in [-0.2, -0.15) is 0 Å². The van der Waals surface area contributed by atoms with Gasteiger partial charge in [-0.1, -0.05) is 6.92 Å². The van der Waals surface area contributed by atoms with Crippen LogP contribution in [-0.2, 0) is 28.3 Å². The van der Waals surface area contributed by atoms with Gasteiger partial charge in [0, 0.05) is 16.5 Å². The number of aryl methyl sites for hydroxylation is 3. The Morgan fingerprint density at radius 3 is 2.53 bits per heavy atom. The second-order valence-electron chi connectivity index (χ2n) is 8.50. The molecule has 2 aliphatic rings. The fourth-order valence-electron chi connectivity index (χ4n) is 4.96. The number of hydrogen-bond donors (Lipinski definition) is 1. The fraction of sp³-hybridized carbons (Fsp3) is 0.375. The molecular formula is C24H24N2O4. The molecule has 5 rings (SSSR count). The summed E-state index contributed by atoms with van der Waals surface area (Å²) in [5.74, 6) is -0.704. The molecule has 0 amide bonds. The average molecular weight is 404 g/mol. The van der Waals surface area contributed by atoms with Gasteiger partial charge in [-0.15, -0.1) is 0 Å². The molecule has 0 radical (unpaired) electrons. The number of rotatable bonds is 1. The predicted octanol–water partition coefficient (Wildman–Crippen LogP) is 3.31. The Balaban J connectivity index is 1.85. The summed E-state index contributed by atoms with van der Waals surface area (Å²) in [5.41, 5.74) is 6.73. The lowest BCUT2D eigenvalue weighted by atomic mass is 9.86. The van der Waals surface area contributed by atoms with Crippen molar-refractivity contribution in [2.75, 3.05) is 0 Å². The van der Waals surface area contributed by atoms with E-state index in [2.05, 4.69) is 33.8 Å². The first-order valence-electron chi connectivity index (χ1n) is 10.3. The molecule has 2 aromatic heterocycles. The maximum atomic E-state index is 13.3. The van der Waals surface area contributed by atoms with Crippen LogP contribution in [0.25, 0.3) is 22.3 Å². The number of esters is 1. The standard InChI is InChI=1S/C24H24N2O4/c1-6-24(29)17-8-19-21-15(9-26(19)22(27)16(17)10-30-23(24)28)14(5)20-13(4)12(3)11(2)7-18(20)25-21/h7-8,29H,6,9-10H2,1-5H3/t24-/m0/s1. The van der Waals surface area contributed by atoms with E-state index in [1.54, 1.807) is 17.6 Å². The molecule has 0 saturated heterocycles. The highest BCUT2D eigenvalue weighted by Crippen LogP contribution is 2.40. The van der Waals surface area contributed by atoms with Crippen LogP contribution in [0.2, 0.25) is 0 Å². The van der Waals surface area contributed by atoms with E-state index in [1.165, 1.54) is 16.7 Å². The van der Waals surface area contributed by atoms with Crippen molar-refractivity contribution in [2.45, 2.75) is 59.8 Å². The minimum atomic E-state index is -1.80. The van der Waals surface area contributed by atoms with E-state index in [4.69, 9.17) is 9.72 Å². The van der Waals surface area contributed by atoms with Crippen molar-refractivity contribution in [1.29, 1.82) is 0 Å². The van der Waals surface area contributed by atoms with Gasteiger partial charge in [0.05, 0.1) is 29.0 Å². The van der Waals surface area contributed by atoms with Crippen LogP contribution >= 0.6 is 0 Å². The van der Waals surface area contributed by atoms with Crippen molar-refractivity contribution in [3.05, 3.63) is 61.4 Å². The van der Waals surface area contributed by atoms with Crippen molar-refractivity contribution >= 4 is 16.9 Å². The predicted molar refractivity (Wildman–Crippen MR) is 113 cm³/mol. The number of ether oxygens (including phenoxy) is 1. The first-order valence-corrected chi connectivity index (χ1v) is 10.3. The molecule has 1 aromatic carbocycles. The molecule has 0 spiro atoms. The topological polar surface area (TPSA) is 81.4 Å². The van der Waals surface area contributed by atoms with Gasteiger partial charge in [-0.25, -0.2) is 9.78 Å². The summed E-state index contributed by atoms with van der Waals surface area (Å²) in [4.78, 5) is 30.5. The maximum absolute atomic E-state index is 13.3. The van der Waals surface area contributed by atoms with Crippen molar-refractivity contribution < 1.29 is 14.6 Å². The highest BCUT2D eigenvalue weighted by Gasteiger charge is 2.45. The van der Waals surface area contributed by atoms with E-state index in [0.717, 1.165) is 27.7 Å². The number of fused-ring (bicyclic) bond motifs is 5. The third-order valence-corrected chi connectivity index (χ3v) is 7.09. The molecule has 0 fully saturated rings. The lowest BCUT2D eigenvalue weighted by molar-refractivity contribution is -0.172. The van der Waals surface area contributed by atoms with Crippen LogP contribution in [0.5, 0.6) is 0 Å². The second kappa shape index (κ2) is 6.01. The first-order chi connectivity index (χ1) is 14.2. The number of cyclic esters (lactones) is 1.